The van der Waals surface area contributed by atoms with Gasteiger partial charge in [-0.1, -0.05) is 23.2 Å². The monoisotopic (exact) mass is 305 g/mol. The molecule has 1 amide bonds. The first-order valence-electron chi connectivity index (χ1n) is 5.70. The van der Waals surface area contributed by atoms with Crippen molar-refractivity contribution in [3.05, 3.63) is 28.2 Å². The molecule has 1 aromatic carbocycles. The molecule has 0 radical (unpaired) electrons. The lowest BCUT2D eigenvalue weighted by atomic mass is 10.2. The van der Waals surface area contributed by atoms with Crippen LogP contribution in [0.4, 0.5) is 0 Å². The number of nitrogens with one attached hydrogen (secondary N) is 1. The normalized spacial score (nSPS) is 22.2. The van der Waals surface area contributed by atoms with Crippen LogP contribution < -0.4 is 5.32 Å². The van der Waals surface area contributed by atoms with Crippen molar-refractivity contribution >= 4 is 40.3 Å². The Kier molecular flexibility index (Phi) is 4.78. The zero-order valence-electron chi connectivity index (χ0n) is 9.62. The molecule has 0 bridgehead atoms. The van der Waals surface area contributed by atoms with E-state index in [2.05, 4.69) is 5.32 Å². The average molecular weight is 306 g/mol. The molecule has 1 heterocycles. The molecule has 0 aromatic heterocycles. The molecule has 1 aliphatic rings. The highest BCUT2D eigenvalue weighted by molar-refractivity contribution is 7.92. The molecule has 1 saturated heterocycles. The standard InChI is InChI=1S/C12H13Cl2NO2S/c13-8-3-4-11(10(14)6-8)18(17)9-2-1-5-15-12(16)7-9/h3-4,6,9H,1-2,5,7H2,(H,15,16). The van der Waals surface area contributed by atoms with Gasteiger partial charge in [0.2, 0.25) is 5.91 Å². The minimum atomic E-state index is -1.27. The van der Waals surface area contributed by atoms with Crippen molar-refractivity contribution in [2.45, 2.75) is 29.4 Å². The zero-order chi connectivity index (χ0) is 13.1. The van der Waals surface area contributed by atoms with Gasteiger partial charge < -0.3 is 9.87 Å². The highest BCUT2D eigenvalue weighted by atomic mass is 35.5. The molecule has 0 saturated carbocycles. The summed E-state index contributed by atoms with van der Waals surface area (Å²) in [4.78, 5) is 12.0. The van der Waals surface area contributed by atoms with Gasteiger partial charge in [-0.3, -0.25) is 4.79 Å². The second-order valence-corrected chi connectivity index (χ2v) is 6.74. The molecule has 2 rings (SSSR count). The van der Waals surface area contributed by atoms with Gasteiger partial charge in [0.25, 0.3) is 0 Å². The number of hydrogen-bond acceptors (Lipinski definition) is 2. The largest absolute Gasteiger partial charge is 0.611 e. The Morgan fingerprint density at radius 3 is 2.89 bits per heavy atom. The van der Waals surface area contributed by atoms with Crippen LogP contribution in [0, 0.1) is 0 Å². The number of hydrogen-bond donors (Lipinski definition) is 1. The van der Waals surface area contributed by atoms with Gasteiger partial charge in [0.1, 0.15) is 5.25 Å². The van der Waals surface area contributed by atoms with Gasteiger partial charge in [0.05, 0.1) is 11.4 Å². The minimum Gasteiger partial charge on any atom is -0.611 e. The average Bonchev–Trinajstić information content (AvgIpc) is 2.53. The smallest absolute Gasteiger partial charge is 0.225 e. The molecule has 6 heteroatoms. The van der Waals surface area contributed by atoms with Crippen LogP contribution in [0.5, 0.6) is 0 Å². The number of rotatable bonds is 2. The lowest BCUT2D eigenvalue weighted by Gasteiger charge is -2.19. The van der Waals surface area contributed by atoms with Crippen molar-refractivity contribution in [3.8, 4) is 0 Å². The van der Waals surface area contributed by atoms with Crippen molar-refractivity contribution in [1.29, 1.82) is 0 Å². The molecule has 0 aliphatic carbocycles. The fraction of sp³-hybridized carbons (Fsp3) is 0.417. The molecule has 1 aromatic rings. The minimum absolute atomic E-state index is 0.0454. The molecule has 18 heavy (non-hydrogen) atoms. The first-order valence-corrected chi connectivity index (χ1v) is 7.67. The van der Waals surface area contributed by atoms with E-state index < -0.39 is 11.2 Å². The van der Waals surface area contributed by atoms with Crippen LogP contribution in [-0.4, -0.2) is 22.3 Å². The van der Waals surface area contributed by atoms with Crippen molar-refractivity contribution < 1.29 is 9.35 Å². The summed E-state index contributed by atoms with van der Waals surface area (Å²) in [6, 6.07) is 4.91. The molecule has 3 nitrogen and oxygen atoms in total. The maximum absolute atomic E-state index is 12.4. The van der Waals surface area contributed by atoms with E-state index >= 15 is 0 Å². The number of amides is 1. The number of carbonyl (C=O) groups excluding carboxylic acids is 1. The quantitative estimate of drug-likeness (QED) is 0.854. The Morgan fingerprint density at radius 1 is 1.39 bits per heavy atom. The predicted molar refractivity (Wildman–Crippen MR) is 73.5 cm³/mol. The highest BCUT2D eigenvalue weighted by Gasteiger charge is 2.30. The Labute approximate surface area is 119 Å². The SMILES string of the molecule is O=C1CC([S+]([O-])c2ccc(Cl)cc2Cl)CCCN1. The van der Waals surface area contributed by atoms with E-state index in [-0.39, 0.29) is 17.6 Å². The molecular formula is C12H13Cl2NO2S. The number of halogens is 2. The third kappa shape index (κ3) is 3.32. The van der Waals surface area contributed by atoms with Gasteiger partial charge in [-0.05, 0) is 42.2 Å². The van der Waals surface area contributed by atoms with E-state index in [1.165, 1.54) is 0 Å². The topological polar surface area (TPSA) is 52.2 Å². The summed E-state index contributed by atoms with van der Waals surface area (Å²) in [5.41, 5.74) is 0. The van der Waals surface area contributed by atoms with Gasteiger partial charge in [0.15, 0.2) is 4.90 Å². The number of benzene rings is 1. The van der Waals surface area contributed by atoms with Crippen molar-refractivity contribution in [3.63, 3.8) is 0 Å². The van der Waals surface area contributed by atoms with Crippen LogP contribution in [-0.2, 0) is 16.0 Å². The zero-order valence-corrected chi connectivity index (χ0v) is 11.9. The molecule has 98 valence electrons. The molecule has 0 spiro atoms. The maximum Gasteiger partial charge on any atom is 0.225 e. The van der Waals surface area contributed by atoms with E-state index in [1.54, 1.807) is 18.2 Å². The second-order valence-electron chi connectivity index (χ2n) is 4.19. The van der Waals surface area contributed by atoms with Gasteiger partial charge >= 0.3 is 0 Å². The lowest BCUT2D eigenvalue weighted by molar-refractivity contribution is -0.120. The molecule has 1 fully saturated rings. The second kappa shape index (κ2) is 6.15. The van der Waals surface area contributed by atoms with Gasteiger partial charge in [-0.2, -0.15) is 0 Å². The van der Waals surface area contributed by atoms with E-state index in [9.17, 15) is 9.35 Å². The van der Waals surface area contributed by atoms with Crippen LogP contribution >= 0.6 is 23.2 Å². The third-order valence-electron chi connectivity index (χ3n) is 2.85. The summed E-state index contributed by atoms with van der Waals surface area (Å²) in [7, 11) is 0. The Hall–Kier alpha value is -0.420. The van der Waals surface area contributed by atoms with Crippen LogP contribution in [0.15, 0.2) is 23.1 Å². The van der Waals surface area contributed by atoms with Gasteiger partial charge in [-0.25, -0.2) is 0 Å². The van der Waals surface area contributed by atoms with Crippen molar-refractivity contribution in [2.24, 2.45) is 0 Å². The summed E-state index contributed by atoms with van der Waals surface area (Å²) in [5.74, 6) is -0.0454. The van der Waals surface area contributed by atoms with E-state index in [0.717, 1.165) is 12.8 Å². The predicted octanol–water partition coefficient (Wildman–Crippen LogP) is 2.77. The Bertz CT molecular complexity index is 456. The number of carbonyl (C=O) groups is 1. The van der Waals surface area contributed by atoms with Crippen LogP contribution in [0.25, 0.3) is 0 Å². The van der Waals surface area contributed by atoms with Gasteiger partial charge in [0, 0.05) is 11.6 Å². The summed E-state index contributed by atoms with van der Waals surface area (Å²) in [6.45, 7) is 0.654. The molecule has 1 N–H and O–H groups in total. The Morgan fingerprint density at radius 2 is 2.17 bits per heavy atom. The molecular weight excluding hydrogens is 293 g/mol. The molecule has 1 aliphatic heterocycles. The summed E-state index contributed by atoms with van der Waals surface area (Å²) >= 11 is 10.6. The Balaban J connectivity index is 2.18. The van der Waals surface area contributed by atoms with E-state index in [1.807, 2.05) is 0 Å². The first-order chi connectivity index (χ1) is 8.58. The third-order valence-corrected chi connectivity index (χ3v) is 5.31. The van der Waals surface area contributed by atoms with E-state index in [4.69, 9.17) is 23.2 Å². The molecule has 2 atom stereocenters. The van der Waals surface area contributed by atoms with Crippen LogP contribution in [0.2, 0.25) is 10.0 Å². The lowest BCUT2D eigenvalue weighted by Crippen LogP contribution is -2.27. The summed E-state index contributed by atoms with van der Waals surface area (Å²) in [5, 5.41) is 3.51. The fourth-order valence-corrected chi connectivity index (χ4v) is 4.07. The van der Waals surface area contributed by atoms with Crippen LogP contribution in [0.1, 0.15) is 19.3 Å². The fourth-order valence-electron chi connectivity index (χ4n) is 1.94. The highest BCUT2D eigenvalue weighted by Crippen LogP contribution is 2.30. The van der Waals surface area contributed by atoms with Crippen molar-refractivity contribution in [2.75, 3.05) is 6.54 Å². The van der Waals surface area contributed by atoms with E-state index in [0.29, 0.717) is 21.5 Å². The van der Waals surface area contributed by atoms with Gasteiger partial charge in [-0.15, -0.1) is 0 Å². The van der Waals surface area contributed by atoms with Crippen LogP contribution in [0.3, 0.4) is 0 Å². The summed E-state index contributed by atoms with van der Waals surface area (Å²) in [6.07, 6.45) is 1.88. The van der Waals surface area contributed by atoms with Crippen molar-refractivity contribution in [1.82, 2.24) is 5.32 Å². The summed E-state index contributed by atoms with van der Waals surface area (Å²) < 4.78 is 12.4. The molecule has 2 unspecified atom stereocenters. The maximum atomic E-state index is 12.4. The first kappa shape index (κ1) is 14.0.